The van der Waals surface area contributed by atoms with Crippen molar-refractivity contribution in [3.8, 4) is 0 Å². The van der Waals surface area contributed by atoms with Crippen molar-refractivity contribution in [3.63, 3.8) is 0 Å². The Bertz CT molecular complexity index is 276. The van der Waals surface area contributed by atoms with Gasteiger partial charge in [0.2, 0.25) is 0 Å². The molecule has 0 saturated heterocycles. The van der Waals surface area contributed by atoms with Crippen LogP contribution in [0.1, 0.15) is 79.1 Å². The maximum absolute atomic E-state index is 14.0. The van der Waals surface area contributed by atoms with Gasteiger partial charge in [0.15, 0.2) is 0 Å². The Morgan fingerprint density at radius 1 is 1.24 bits per heavy atom. The fourth-order valence-electron chi connectivity index (χ4n) is 2.62. The van der Waals surface area contributed by atoms with Crippen molar-refractivity contribution in [1.29, 1.82) is 0 Å². The lowest BCUT2D eigenvalue weighted by atomic mass is 9.95. The SMILES string of the molecule is C=C(CCCCCC(C)(F)CCC)CSC(C)CC(C)N. The third-order valence-corrected chi connectivity index (χ3v) is 5.11. The number of halogens is 1. The first-order valence-corrected chi connectivity index (χ1v) is 9.54. The van der Waals surface area contributed by atoms with Crippen LogP contribution in [0.3, 0.4) is 0 Å². The zero-order chi connectivity index (χ0) is 16.3. The van der Waals surface area contributed by atoms with Crippen LogP contribution in [0.2, 0.25) is 0 Å². The summed E-state index contributed by atoms with van der Waals surface area (Å²) in [6.45, 7) is 12.2. The normalized spacial score (nSPS) is 17.2. The minimum absolute atomic E-state index is 0.277. The van der Waals surface area contributed by atoms with Crippen LogP contribution in [0.5, 0.6) is 0 Å². The highest BCUT2D eigenvalue weighted by atomic mass is 32.2. The number of hydrogen-bond acceptors (Lipinski definition) is 2. The standard InChI is InChI=1S/C18H36FNS/c1-6-11-18(5,19)12-9-7-8-10-15(2)14-21-17(4)13-16(3)20/h16-17H,2,6-14,20H2,1,3-5H3. The van der Waals surface area contributed by atoms with E-state index in [0.717, 1.165) is 44.3 Å². The lowest BCUT2D eigenvalue weighted by molar-refractivity contribution is 0.155. The second-order valence-electron chi connectivity index (χ2n) is 6.81. The molecular weight excluding hydrogens is 281 g/mol. The molecule has 0 aromatic heterocycles. The fourth-order valence-corrected chi connectivity index (χ4v) is 3.72. The second-order valence-corrected chi connectivity index (χ2v) is 8.24. The van der Waals surface area contributed by atoms with Gasteiger partial charge in [-0.1, -0.05) is 45.3 Å². The number of hydrogen-bond donors (Lipinski definition) is 1. The number of nitrogens with two attached hydrogens (primary N) is 1. The summed E-state index contributed by atoms with van der Waals surface area (Å²) in [5, 5.41) is 0.600. The Kier molecular flexibility index (Phi) is 11.5. The third-order valence-electron chi connectivity index (χ3n) is 3.78. The highest BCUT2D eigenvalue weighted by molar-refractivity contribution is 8.00. The summed E-state index contributed by atoms with van der Waals surface area (Å²) >= 11 is 1.95. The summed E-state index contributed by atoms with van der Waals surface area (Å²) in [7, 11) is 0. The first-order valence-electron chi connectivity index (χ1n) is 8.49. The van der Waals surface area contributed by atoms with Crippen molar-refractivity contribution in [1.82, 2.24) is 0 Å². The molecule has 0 saturated carbocycles. The Hall–Kier alpha value is -0.0200. The Morgan fingerprint density at radius 2 is 1.90 bits per heavy atom. The van der Waals surface area contributed by atoms with E-state index in [1.54, 1.807) is 6.92 Å². The minimum Gasteiger partial charge on any atom is -0.328 e. The Morgan fingerprint density at radius 3 is 2.48 bits per heavy atom. The minimum atomic E-state index is -0.962. The van der Waals surface area contributed by atoms with Crippen LogP contribution >= 0.6 is 11.8 Å². The largest absolute Gasteiger partial charge is 0.328 e. The molecule has 0 rings (SSSR count). The molecule has 0 aliphatic rings. The molecule has 0 fully saturated rings. The molecule has 0 aromatic rings. The summed E-state index contributed by atoms with van der Waals surface area (Å²) in [6.07, 6.45) is 7.71. The van der Waals surface area contributed by atoms with E-state index in [4.69, 9.17) is 5.73 Å². The van der Waals surface area contributed by atoms with Gasteiger partial charge in [0, 0.05) is 17.0 Å². The van der Waals surface area contributed by atoms with E-state index < -0.39 is 5.67 Å². The van der Waals surface area contributed by atoms with E-state index in [-0.39, 0.29) is 6.04 Å². The highest BCUT2D eigenvalue weighted by Crippen LogP contribution is 2.25. The van der Waals surface area contributed by atoms with E-state index in [2.05, 4.69) is 20.4 Å². The Labute approximate surface area is 136 Å². The molecule has 3 atom stereocenters. The summed E-state index contributed by atoms with van der Waals surface area (Å²) in [6, 6.07) is 0.277. The van der Waals surface area contributed by atoms with Crippen LogP contribution in [0.15, 0.2) is 12.2 Å². The van der Waals surface area contributed by atoms with Gasteiger partial charge in [-0.3, -0.25) is 0 Å². The van der Waals surface area contributed by atoms with E-state index in [0.29, 0.717) is 18.1 Å². The van der Waals surface area contributed by atoms with Gasteiger partial charge in [-0.2, -0.15) is 11.8 Å². The van der Waals surface area contributed by atoms with Crippen LogP contribution in [-0.4, -0.2) is 22.7 Å². The van der Waals surface area contributed by atoms with Gasteiger partial charge in [0.05, 0.1) is 0 Å². The molecule has 0 aliphatic carbocycles. The predicted octanol–water partition coefficient (Wildman–Crippen LogP) is 5.88. The first-order chi connectivity index (χ1) is 9.76. The van der Waals surface area contributed by atoms with E-state index in [1.165, 1.54) is 5.57 Å². The maximum Gasteiger partial charge on any atom is 0.108 e. The molecule has 3 unspecified atom stereocenters. The van der Waals surface area contributed by atoms with Crippen LogP contribution in [-0.2, 0) is 0 Å². The number of alkyl halides is 1. The van der Waals surface area contributed by atoms with Gasteiger partial charge in [-0.25, -0.2) is 4.39 Å². The lowest BCUT2D eigenvalue weighted by Crippen LogP contribution is -2.19. The third kappa shape index (κ3) is 13.4. The second kappa shape index (κ2) is 11.5. The molecule has 0 heterocycles. The van der Waals surface area contributed by atoms with E-state index in [9.17, 15) is 4.39 Å². The van der Waals surface area contributed by atoms with Crippen molar-refractivity contribution < 1.29 is 4.39 Å². The molecule has 3 heteroatoms. The summed E-state index contributed by atoms with van der Waals surface area (Å²) < 4.78 is 14.0. The molecule has 21 heavy (non-hydrogen) atoms. The van der Waals surface area contributed by atoms with Gasteiger partial charge in [0.1, 0.15) is 5.67 Å². The van der Waals surface area contributed by atoms with Gasteiger partial charge < -0.3 is 5.73 Å². The van der Waals surface area contributed by atoms with Crippen molar-refractivity contribution in [3.05, 3.63) is 12.2 Å². The summed E-state index contributed by atoms with van der Waals surface area (Å²) in [4.78, 5) is 0. The van der Waals surface area contributed by atoms with Gasteiger partial charge in [-0.15, -0.1) is 0 Å². The molecule has 0 radical (unpaired) electrons. The fraction of sp³-hybridized carbons (Fsp3) is 0.889. The maximum atomic E-state index is 14.0. The van der Waals surface area contributed by atoms with Crippen molar-refractivity contribution >= 4 is 11.8 Å². The topological polar surface area (TPSA) is 26.0 Å². The van der Waals surface area contributed by atoms with E-state index in [1.807, 2.05) is 18.7 Å². The summed E-state index contributed by atoms with van der Waals surface area (Å²) in [5.41, 5.74) is 6.15. The zero-order valence-electron chi connectivity index (χ0n) is 14.6. The number of unbranched alkanes of at least 4 members (excludes halogenated alkanes) is 2. The molecular formula is C18H36FNS. The quantitative estimate of drug-likeness (QED) is 0.339. The zero-order valence-corrected chi connectivity index (χ0v) is 15.4. The number of rotatable bonds is 13. The Balaban J connectivity index is 3.58. The van der Waals surface area contributed by atoms with Crippen LogP contribution < -0.4 is 5.73 Å². The van der Waals surface area contributed by atoms with Crippen LogP contribution in [0.4, 0.5) is 4.39 Å². The highest BCUT2D eigenvalue weighted by Gasteiger charge is 2.20. The molecule has 0 amide bonds. The molecule has 2 N–H and O–H groups in total. The van der Waals surface area contributed by atoms with Crippen LogP contribution in [0.25, 0.3) is 0 Å². The van der Waals surface area contributed by atoms with Gasteiger partial charge in [0.25, 0.3) is 0 Å². The first kappa shape index (κ1) is 21.0. The monoisotopic (exact) mass is 317 g/mol. The average Bonchev–Trinajstić information content (AvgIpc) is 2.35. The van der Waals surface area contributed by atoms with Gasteiger partial charge in [-0.05, 0) is 46.0 Å². The molecule has 0 spiro atoms. The van der Waals surface area contributed by atoms with E-state index >= 15 is 0 Å². The van der Waals surface area contributed by atoms with Gasteiger partial charge >= 0.3 is 0 Å². The van der Waals surface area contributed by atoms with Crippen LogP contribution in [0, 0.1) is 0 Å². The smallest absolute Gasteiger partial charge is 0.108 e. The average molecular weight is 318 g/mol. The summed E-state index contributed by atoms with van der Waals surface area (Å²) in [5.74, 6) is 1.03. The predicted molar refractivity (Wildman–Crippen MR) is 96.8 cm³/mol. The van der Waals surface area contributed by atoms with Crippen molar-refractivity contribution in [2.75, 3.05) is 5.75 Å². The van der Waals surface area contributed by atoms with Crippen molar-refractivity contribution in [2.45, 2.75) is 96.0 Å². The molecule has 0 bridgehead atoms. The molecule has 1 nitrogen and oxygen atoms in total. The number of thioether (sulfide) groups is 1. The van der Waals surface area contributed by atoms with Crippen molar-refractivity contribution in [2.24, 2.45) is 5.73 Å². The molecule has 0 aromatic carbocycles. The molecule has 126 valence electrons. The molecule has 0 aliphatic heterocycles. The lowest BCUT2D eigenvalue weighted by Gasteiger charge is -2.19.